The van der Waals surface area contributed by atoms with E-state index < -0.39 is 0 Å². The second kappa shape index (κ2) is 8.35. The minimum absolute atomic E-state index is 0.0159. The molecule has 6 nitrogen and oxygen atoms in total. The summed E-state index contributed by atoms with van der Waals surface area (Å²) in [5.41, 5.74) is 3.66. The minimum atomic E-state index is 0.0159. The Bertz CT molecular complexity index is 957. The van der Waals surface area contributed by atoms with E-state index in [0.29, 0.717) is 18.4 Å². The van der Waals surface area contributed by atoms with E-state index in [-0.39, 0.29) is 6.04 Å². The van der Waals surface area contributed by atoms with Crippen molar-refractivity contribution in [2.45, 2.75) is 25.3 Å². The van der Waals surface area contributed by atoms with Gasteiger partial charge in [0, 0.05) is 18.5 Å². The first-order valence-corrected chi connectivity index (χ1v) is 10.3. The lowest BCUT2D eigenvalue weighted by Gasteiger charge is -2.33. The van der Waals surface area contributed by atoms with Gasteiger partial charge in [0.2, 0.25) is 11.8 Å². The highest BCUT2D eigenvalue weighted by molar-refractivity contribution is 5.51. The number of aromatic nitrogens is 2. The van der Waals surface area contributed by atoms with Gasteiger partial charge in [-0.25, -0.2) is 0 Å². The summed E-state index contributed by atoms with van der Waals surface area (Å²) >= 11 is 0. The molecule has 150 valence electrons. The van der Waals surface area contributed by atoms with Gasteiger partial charge >= 0.3 is 0 Å². The largest absolute Gasteiger partial charge is 0.493 e. The van der Waals surface area contributed by atoms with Crippen molar-refractivity contribution in [2.75, 3.05) is 32.9 Å². The zero-order chi connectivity index (χ0) is 19.5. The van der Waals surface area contributed by atoms with E-state index in [1.165, 1.54) is 11.1 Å². The smallest absolute Gasteiger partial charge is 0.247 e. The van der Waals surface area contributed by atoms with Crippen LogP contribution in [0.15, 0.2) is 52.9 Å². The van der Waals surface area contributed by atoms with E-state index in [1.807, 2.05) is 30.3 Å². The van der Waals surface area contributed by atoms with Crippen molar-refractivity contribution in [1.82, 2.24) is 15.1 Å². The molecule has 1 saturated heterocycles. The maximum atomic E-state index is 6.00. The SMILES string of the molecule is c1ccc(-c2nnc(C3COCCN3CCCc3ccc4c(c3)CCO4)o2)cc1. The molecule has 3 aromatic rings. The van der Waals surface area contributed by atoms with Crippen molar-refractivity contribution in [3.63, 3.8) is 0 Å². The average Bonchev–Trinajstić information content (AvgIpc) is 3.44. The maximum absolute atomic E-state index is 6.00. The number of ether oxygens (including phenoxy) is 2. The third kappa shape index (κ3) is 4.04. The monoisotopic (exact) mass is 391 g/mol. The van der Waals surface area contributed by atoms with Gasteiger partial charge in [-0.1, -0.05) is 30.3 Å². The molecule has 1 unspecified atom stereocenters. The molecule has 0 bridgehead atoms. The molecule has 0 amide bonds. The van der Waals surface area contributed by atoms with Crippen LogP contribution in [0.1, 0.15) is 29.5 Å². The minimum Gasteiger partial charge on any atom is -0.493 e. The molecule has 0 radical (unpaired) electrons. The molecule has 3 heterocycles. The molecule has 29 heavy (non-hydrogen) atoms. The van der Waals surface area contributed by atoms with Crippen LogP contribution >= 0.6 is 0 Å². The molecule has 1 aromatic heterocycles. The molecule has 5 rings (SSSR count). The fraction of sp³-hybridized carbons (Fsp3) is 0.391. The van der Waals surface area contributed by atoms with E-state index in [1.54, 1.807) is 0 Å². The lowest BCUT2D eigenvalue weighted by Crippen LogP contribution is -2.40. The first-order valence-electron chi connectivity index (χ1n) is 10.3. The number of aryl methyl sites for hydroxylation is 1. The molecular formula is C23H25N3O3. The quantitative estimate of drug-likeness (QED) is 0.639. The van der Waals surface area contributed by atoms with Crippen molar-refractivity contribution < 1.29 is 13.9 Å². The normalized spacial score (nSPS) is 19.1. The van der Waals surface area contributed by atoms with Crippen LogP contribution in [0.5, 0.6) is 5.75 Å². The summed E-state index contributed by atoms with van der Waals surface area (Å²) in [4.78, 5) is 2.41. The van der Waals surface area contributed by atoms with Gasteiger partial charge in [0.05, 0.1) is 19.8 Å². The number of morpholine rings is 1. The lowest BCUT2D eigenvalue weighted by molar-refractivity contribution is -0.0183. The van der Waals surface area contributed by atoms with Crippen molar-refractivity contribution >= 4 is 0 Å². The predicted octanol–water partition coefficient (Wildman–Crippen LogP) is 3.68. The zero-order valence-corrected chi connectivity index (χ0v) is 16.4. The summed E-state index contributed by atoms with van der Waals surface area (Å²) in [5.74, 6) is 2.25. The van der Waals surface area contributed by atoms with Crippen LogP contribution in [-0.4, -0.2) is 48.0 Å². The summed E-state index contributed by atoms with van der Waals surface area (Å²) in [6.07, 6.45) is 3.15. The molecule has 6 heteroatoms. The van der Waals surface area contributed by atoms with Gasteiger partial charge < -0.3 is 13.9 Å². The van der Waals surface area contributed by atoms with E-state index >= 15 is 0 Å². The van der Waals surface area contributed by atoms with Gasteiger partial charge in [0.25, 0.3) is 0 Å². The number of hydrogen-bond acceptors (Lipinski definition) is 6. The highest BCUT2D eigenvalue weighted by Gasteiger charge is 2.29. The Kier molecular flexibility index (Phi) is 5.28. The third-order valence-corrected chi connectivity index (χ3v) is 5.65. The van der Waals surface area contributed by atoms with Gasteiger partial charge in [0.15, 0.2) is 0 Å². The summed E-state index contributed by atoms with van der Waals surface area (Å²) in [6, 6.07) is 16.5. The molecule has 0 saturated carbocycles. The molecule has 0 spiro atoms. The number of fused-ring (bicyclic) bond motifs is 1. The first-order chi connectivity index (χ1) is 14.4. The van der Waals surface area contributed by atoms with E-state index in [4.69, 9.17) is 13.9 Å². The van der Waals surface area contributed by atoms with Gasteiger partial charge in [-0.15, -0.1) is 10.2 Å². The Hall–Kier alpha value is -2.70. The van der Waals surface area contributed by atoms with Crippen LogP contribution in [0, 0.1) is 0 Å². The first kappa shape index (κ1) is 18.3. The van der Waals surface area contributed by atoms with Gasteiger partial charge in [-0.05, 0) is 48.7 Å². The van der Waals surface area contributed by atoms with Crippen LogP contribution in [0.25, 0.3) is 11.5 Å². The van der Waals surface area contributed by atoms with Crippen molar-refractivity contribution in [3.05, 3.63) is 65.5 Å². The molecule has 0 N–H and O–H groups in total. The summed E-state index contributed by atoms with van der Waals surface area (Å²) in [5, 5.41) is 8.57. The Morgan fingerprint density at radius 3 is 2.90 bits per heavy atom. The van der Waals surface area contributed by atoms with Crippen molar-refractivity contribution in [1.29, 1.82) is 0 Å². The number of nitrogens with zero attached hydrogens (tertiary/aromatic N) is 3. The fourth-order valence-corrected chi connectivity index (χ4v) is 4.08. The van der Waals surface area contributed by atoms with Crippen LogP contribution in [0.4, 0.5) is 0 Å². The van der Waals surface area contributed by atoms with E-state index in [2.05, 4.69) is 33.3 Å². The Morgan fingerprint density at radius 1 is 1.03 bits per heavy atom. The molecule has 2 aliphatic heterocycles. The molecule has 1 atom stereocenters. The highest BCUT2D eigenvalue weighted by atomic mass is 16.5. The summed E-state index contributed by atoms with van der Waals surface area (Å²) < 4.78 is 17.3. The standard InChI is InChI=1S/C23H25N3O3/c1-2-6-18(7-3-1)22-24-25-23(29-22)20-16-27-14-12-26(20)11-4-5-17-8-9-21-19(15-17)10-13-28-21/h1-3,6-9,15,20H,4-5,10-14,16H2. The average molecular weight is 391 g/mol. The molecule has 2 aliphatic rings. The Labute approximate surface area is 170 Å². The van der Waals surface area contributed by atoms with Crippen LogP contribution in [0.2, 0.25) is 0 Å². The van der Waals surface area contributed by atoms with Crippen LogP contribution in [-0.2, 0) is 17.6 Å². The highest BCUT2D eigenvalue weighted by Crippen LogP contribution is 2.28. The third-order valence-electron chi connectivity index (χ3n) is 5.65. The zero-order valence-electron chi connectivity index (χ0n) is 16.4. The molecule has 1 fully saturated rings. The van der Waals surface area contributed by atoms with Gasteiger partial charge in [-0.2, -0.15) is 0 Å². The fourth-order valence-electron chi connectivity index (χ4n) is 4.08. The molecule has 2 aromatic carbocycles. The second-order valence-corrected chi connectivity index (χ2v) is 7.58. The van der Waals surface area contributed by atoms with Crippen LogP contribution < -0.4 is 4.74 Å². The summed E-state index contributed by atoms with van der Waals surface area (Å²) in [7, 11) is 0. The topological polar surface area (TPSA) is 60.6 Å². The maximum Gasteiger partial charge on any atom is 0.247 e. The Balaban J connectivity index is 1.23. The van der Waals surface area contributed by atoms with Crippen molar-refractivity contribution in [3.8, 4) is 17.2 Å². The predicted molar refractivity (Wildman–Crippen MR) is 109 cm³/mol. The van der Waals surface area contributed by atoms with E-state index in [0.717, 1.165) is 56.9 Å². The Morgan fingerprint density at radius 2 is 1.97 bits per heavy atom. The summed E-state index contributed by atoms with van der Waals surface area (Å²) in [6.45, 7) is 4.00. The number of hydrogen-bond donors (Lipinski definition) is 0. The number of benzene rings is 2. The van der Waals surface area contributed by atoms with Crippen molar-refractivity contribution in [2.24, 2.45) is 0 Å². The van der Waals surface area contributed by atoms with Crippen LogP contribution in [0.3, 0.4) is 0 Å². The molecular weight excluding hydrogens is 366 g/mol. The lowest BCUT2D eigenvalue weighted by atomic mass is 10.0. The van der Waals surface area contributed by atoms with Gasteiger partial charge in [-0.3, -0.25) is 4.90 Å². The molecule has 0 aliphatic carbocycles. The second-order valence-electron chi connectivity index (χ2n) is 7.58. The van der Waals surface area contributed by atoms with E-state index in [9.17, 15) is 0 Å². The number of rotatable bonds is 6. The van der Waals surface area contributed by atoms with Gasteiger partial charge in [0.1, 0.15) is 11.8 Å².